The van der Waals surface area contributed by atoms with Crippen LogP contribution >= 0.6 is 11.6 Å². The number of amides is 1. The van der Waals surface area contributed by atoms with E-state index in [-0.39, 0.29) is 12.3 Å². The monoisotopic (exact) mass is 347 g/mol. The predicted molar refractivity (Wildman–Crippen MR) is 97.3 cm³/mol. The highest BCUT2D eigenvalue weighted by molar-refractivity contribution is 6.31. The van der Waals surface area contributed by atoms with Crippen LogP contribution in [0.3, 0.4) is 0 Å². The van der Waals surface area contributed by atoms with Gasteiger partial charge in [-0.2, -0.15) is 0 Å². The van der Waals surface area contributed by atoms with E-state index >= 15 is 0 Å². The summed E-state index contributed by atoms with van der Waals surface area (Å²) in [5.41, 5.74) is 2.44. The molecule has 0 aromatic heterocycles. The first kappa shape index (κ1) is 18.1. The van der Waals surface area contributed by atoms with Gasteiger partial charge in [-0.15, -0.1) is 0 Å². The number of anilines is 1. The number of hydrogen-bond acceptors (Lipinski definition) is 3. The zero-order chi connectivity index (χ0) is 17.5. The Labute approximate surface area is 147 Å². The van der Waals surface area contributed by atoms with Gasteiger partial charge in [0.25, 0.3) is 0 Å². The van der Waals surface area contributed by atoms with Crippen molar-refractivity contribution >= 4 is 23.2 Å². The average Bonchev–Trinajstić information content (AvgIpc) is 2.55. The fourth-order valence-corrected chi connectivity index (χ4v) is 2.50. The van der Waals surface area contributed by atoms with E-state index in [1.807, 2.05) is 51.1 Å². The minimum Gasteiger partial charge on any atom is -0.490 e. The summed E-state index contributed by atoms with van der Waals surface area (Å²) in [7, 11) is 0. The maximum absolute atomic E-state index is 12.3. The Kier molecular flexibility index (Phi) is 6.50. The number of carbonyl (C=O) groups excluding carboxylic acids is 1. The molecule has 0 fully saturated rings. The molecule has 0 aliphatic heterocycles. The molecule has 2 aromatic carbocycles. The number of nitrogens with one attached hydrogen (secondary N) is 1. The molecule has 128 valence electrons. The summed E-state index contributed by atoms with van der Waals surface area (Å²) in [6.07, 6.45) is 0.248. The largest absolute Gasteiger partial charge is 0.490 e. The molecule has 0 unspecified atom stereocenters. The number of halogens is 1. The second-order valence-electron chi connectivity index (χ2n) is 5.28. The van der Waals surface area contributed by atoms with Crippen LogP contribution in [0.25, 0.3) is 0 Å². The Bertz CT molecular complexity index is 716. The van der Waals surface area contributed by atoms with Gasteiger partial charge in [0.05, 0.1) is 19.6 Å². The Morgan fingerprint density at radius 3 is 2.50 bits per heavy atom. The summed E-state index contributed by atoms with van der Waals surface area (Å²) in [4.78, 5) is 12.3. The molecule has 4 nitrogen and oxygen atoms in total. The Hall–Kier alpha value is -2.20. The van der Waals surface area contributed by atoms with E-state index in [2.05, 4.69) is 5.32 Å². The average molecular weight is 348 g/mol. The molecule has 0 aliphatic rings. The zero-order valence-electron chi connectivity index (χ0n) is 14.2. The standard InChI is InChI=1S/C19H22ClNO3/c1-4-23-17-10-9-14(11-18(17)24-5-2)12-19(22)21-16-8-6-7-15(20)13(16)3/h6-11H,4-5,12H2,1-3H3,(H,21,22). The molecular formula is C19H22ClNO3. The van der Waals surface area contributed by atoms with Crippen LogP contribution < -0.4 is 14.8 Å². The van der Waals surface area contributed by atoms with Crippen molar-refractivity contribution < 1.29 is 14.3 Å². The molecule has 2 rings (SSSR count). The van der Waals surface area contributed by atoms with E-state index in [0.717, 1.165) is 16.8 Å². The van der Waals surface area contributed by atoms with Crippen molar-refractivity contribution in [2.24, 2.45) is 0 Å². The molecule has 2 aromatic rings. The summed E-state index contributed by atoms with van der Waals surface area (Å²) in [6, 6.07) is 11.0. The Morgan fingerprint density at radius 1 is 1.08 bits per heavy atom. The molecule has 0 radical (unpaired) electrons. The van der Waals surface area contributed by atoms with E-state index in [1.165, 1.54) is 0 Å². The summed E-state index contributed by atoms with van der Waals surface area (Å²) in [5, 5.41) is 3.53. The molecule has 0 atom stereocenters. The van der Waals surface area contributed by atoms with Crippen LogP contribution in [0, 0.1) is 6.92 Å². The summed E-state index contributed by atoms with van der Waals surface area (Å²) < 4.78 is 11.1. The van der Waals surface area contributed by atoms with Crippen molar-refractivity contribution in [1.29, 1.82) is 0 Å². The minimum absolute atomic E-state index is 0.105. The van der Waals surface area contributed by atoms with Crippen molar-refractivity contribution in [2.45, 2.75) is 27.2 Å². The quantitative estimate of drug-likeness (QED) is 0.794. The highest BCUT2D eigenvalue weighted by Gasteiger charge is 2.11. The number of ether oxygens (including phenoxy) is 2. The summed E-state index contributed by atoms with van der Waals surface area (Å²) in [5.74, 6) is 1.24. The maximum Gasteiger partial charge on any atom is 0.228 e. The van der Waals surface area contributed by atoms with E-state index in [0.29, 0.717) is 29.7 Å². The lowest BCUT2D eigenvalue weighted by Gasteiger charge is -2.13. The van der Waals surface area contributed by atoms with Gasteiger partial charge >= 0.3 is 0 Å². The lowest BCUT2D eigenvalue weighted by molar-refractivity contribution is -0.115. The second-order valence-corrected chi connectivity index (χ2v) is 5.69. The van der Waals surface area contributed by atoms with E-state index in [4.69, 9.17) is 21.1 Å². The minimum atomic E-state index is -0.105. The Balaban J connectivity index is 2.11. The third-order valence-electron chi connectivity index (χ3n) is 3.51. The molecular weight excluding hydrogens is 326 g/mol. The van der Waals surface area contributed by atoms with Crippen LogP contribution in [-0.4, -0.2) is 19.1 Å². The topological polar surface area (TPSA) is 47.6 Å². The lowest BCUT2D eigenvalue weighted by Crippen LogP contribution is -2.15. The molecule has 1 amide bonds. The van der Waals surface area contributed by atoms with Gasteiger partial charge in [-0.3, -0.25) is 4.79 Å². The van der Waals surface area contributed by atoms with Crippen LogP contribution in [0.15, 0.2) is 36.4 Å². The third kappa shape index (κ3) is 4.65. The predicted octanol–water partition coefficient (Wildman–Crippen LogP) is 4.63. The molecule has 0 bridgehead atoms. The fourth-order valence-electron chi connectivity index (χ4n) is 2.33. The first-order valence-electron chi connectivity index (χ1n) is 7.98. The second kappa shape index (κ2) is 8.60. The number of benzene rings is 2. The van der Waals surface area contributed by atoms with Crippen LogP contribution in [0.2, 0.25) is 5.02 Å². The van der Waals surface area contributed by atoms with Crippen LogP contribution in [-0.2, 0) is 11.2 Å². The van der Waals surface area contributed by atoms with Gasteiger partial charge in [0.1, 0.15) is 0 Å². The third-order valence-corrected chi connectivity index (χ3v) is 3.92. The van der Waals surface area contributed by atoms with Crippen LogP contribution in [0.4, 0.5) is 5.69 Å². The summed E-state index contributed by atoms with van der Waals surface area (Å²) >= 11 is 6.08. The van der Waals surface area contributed by atoms with Gasteiger partial charge in [-0.05, 0) is 56.2 Å². The van der Waals surface area contributed by atoms with Crippen LogP contribution in [0.1, 0.15) is 25.0 Å². The lowest BCUT2D eigenvalue weighted by atomic mass is 10.1. The van der Waals surface area contributed by atoms with Gasteiger partial charge in [0.15, 0.2) is 11.5 Å². The van der Waals surface area contributed by atoms with Gasteiger partial charge in [0, 0.05) is 10.7 Å². The van der Waals surface area contributed by atoms with Crippen LogP contribution in [0.5, 0.6) is 11.5 Å². The van der Waals surface area contributed by atoms with Gasteiger partial charge in [-0.1, -0.05) is 23.7 Å². The number of carbonyl (C=O) groups is 1. The smallest absolute Gasteiger partial charge is 0.228 e. The first-order valence-corrected chi connectivity index (χ1v) is 8.36. The molecule has 0 saturated carbocycles. The van der Waals surface area contributed by atoms with E-state index in [1.54, 1.807) is 6.07 Å². The number of rotatable bonds is 7. The molecule has 0 heterocycles. The van der Waals surface area contributed by atoms with Crippen molar-refractivity contribution in [3.05, 3.63) is 52.5 Å². The molecule has 1 N–H and O–H groups in total. The maximum atomic E-state index is 12.3. The fraction of sp³-hybridized carbons (Fsp3) is 0.316. The molecule has 0 aliphatic carbocycles. The molecule has 0 spiro atoms. The first-order chi connectivity index (χ1) is 11.5. The van der Waals surface area contributed by atoms with Gasteiger partial charge < -0.3 is 14.8 Å². The van der Waals surface area contributed by atoms with Gasteiger partial charge in [-0.25, -0.2) is 0 Å². The van der Waals surface area contributed by atoms with Crippen molar-refractivity contribution in [3.8, 4) is 11.5 Å². The van der Waals surface area contributed by atoms with E-state index in [9.17, 15) is 4.79 Å². The highest BCUT2D eigenvalue weighted by atomic mass is 35.5. The highest BCUT2D eigenvalue weighted by Crippen LogP contribution is 2.29. The molecule has 5 heteroatoms. The van der Waals surface area contributed by atoms with Gasteiger partial charge in [0.2, 0.25) is 5.91 Å². The SMILES string of the molecule is CCOc1ccc(CC(=O)Nc2cccc(Cl)c2C)cc1OCC. The normalized spacial score (nSPS) is 10.3. The van der Waals surface area contributed by atoms with Crippen molar-refractivity contribution in [3.63, 3.8) is 0 Å². The zero-order valence-corrected chi connectivity index (χ0v) is 14.9. The molecule has 24 heavy (non-hydrogen) atoms. The summed E-state index contributed by atoms with van der Waals surface area (Å²) in [6.45, 7) is 6.81. The molecule has 0 saturated heterocycles. The van der Waals surface area contributed by atoms with Crippen molar-refractivity contribution in [2.75, 3.05) is 18.5 Å². The van der Waals surface area contributed by atoms with Crippen molar-refractivity contribution in [1.82, 2.24) is 0 Å². The number of hydrogen-bond donors (Lipinski definition) is 1. The van der Waals surface area contributed by atoms with E-state index < -0.39 is 0 Å². The Morgan fingerprint density at radius 2 is 1.79 bits per heavy atom.